The number of piperidine rings is 1. The number of aromatic nitrogens is 2. The number of anilines is 2. The minimum atomic E-state index is -0.332. The van der Waals surface area contributed by atoms with Crippen molar-refractivity contribution in [3.05, 3.63) is 45.7 Å². The standard InChI is InChI=1S/C18H20Cl2N4O/c1-11-6-8-24(9-7-11)18-21-12(2)10-15(23-18)17(25)22-14-5-3-4-13(19)16(14)20/h3-5,10-11H,6-9H2,1-2H3,(H,22,25). The Morgan fingerprint density at radius 1 is 1.24 bits per heavy atom. The zero-order chi connectivity index (χ0) is 18.0. The third-order valence-electron chi connectivity index (χ3n) is 4.34. The highest BCUT2D eigenvalue weighted by Gasteiger charge is 2.20. The maximum absolute atomic E-state index is 12.6. The summed E-state index contributed by atoms with van der Waals surface area (Å²) in [6, 6.07) is 6.77. The summed E-state index contributed by atoms with van der Waals surface area (Å²) in [7, 11) is 0. The van der Waals surface area contributed by atoms with Crippen LogP contribution in [0, 0.1) is 12.8 Å². The second-order valence-corrected chi connectivity index (χ2v) is 7.20. The quantitative estimate of drug-likeness (QED) is 0.848. The number of benzene rings is 1. The molecular weight excluding hydrogens is 359 g/mol. The van der Waals surface area contributed by atoms with Gasteiger partial charge in [0.25, 0.3) is 5.91 Å². The minimum Gasteiger partial charge on any atom is -0.341 e. The van der Waals surface area contributed by atoms with E-state index in [0.717, 1.165) is 31.6 Å². The van der Waals surface area contributed by atoms with E-state index in [9.17, 15) is 4.79 Å². The lowest BCUT2D eigenvalue weighted by Crippen LogP contribution is -2.34. The molecule has 25 heavy (non-hydrogen) atoms. The van der Waals surface area contributed by atoms with E-state index < -0.39 is 0 Å². The van der Waals surface area contributed by atoms with E-state index in [1.807, 2.05) is 6.92 Å². The molecule has 1 fully saturated rings. The maximum Gasteiger partial charge on any atom is 0.274 e. The summed E-state index contributed by atoms with van der Waals surface area (Å²) in [5, 5.41) is 3.47. The summed E-state index contributed by atoms with van der Waals surface area (Å²) in [5.74, 6) is 0.990. The van der Waals surface area contributed by atoms with Crippen molar-refractivity contribution in [3.63, 3.8) is 0 Å². The van der Waals surface area contributed by atoms with Crippen molar-refractivity contribution in [1.29, 1.82) is 0 Å². The lowest BCUT2D eigenvalue weighted by Gasteiger charge is -2.30. The average molecular weight is 379 g/mol. The van der Waals surface area contributed by atoms with Gasteiger partial charge in [-0.05, 0) is 43.9 Å². The van der Waals surface area contributed by atoms with Crippen LogP contribution in [0.5, 0.6) is 0 Å². The Bertz CT molecular complexity index is 789. The van der Waals surface area contributed by atoms with Crippen LogP contribution in [0.25, 0.3) is 0 Å². The molecule has 0 spiro atoms. The van der Waals surface area contributed by atoms with E-state index in [2.05, 4.69) is 27.1 Å². The Kier molecular flexibility index (Phi) is 5.45. The first-order chi connectivity index (χ1) is 11.9. The predicted octanol–water partition coefficient (Wildman–Crippen LogP) is 4.58. The van der Waals surface area contributed by atoms with Gasteiger partial charge in [-0.25, -0.2) is 9.97 Å². The van der Waals surface area contributed by atoms with Crippen LogP contribution < -0.4 is 10.2 Å². The highest BCUT2D eigenvalue weighted by molar-refractivity contribution is 6.44. The van der Waals surface area contributed by atoms with Crippen LogP contribution in [0.4, 0.5) is 11.6 Å². The molecule has 2 aromatic rings. The highest BCUT2D eigenvalue weighted by Crippen LogP contribution is 2.30. The number of carbonyl (C=O) groups excluding carboxylic acids is 1. The second-order valence-electron chi connectivity index (χ2n) is 6.42. The van der Waals surface area contributed by atoms with Gasteiger partial charge < -0.3 is 10.2 Å². The third kappa shape index (κ3) is 4.22. The molecule has 1 aromatic heterocycles. The lowest BCUT2D eigenvalue weighted by molar-refractivity contribution is 0.102. The van der Waals surface area contributed by atoms with E-state index in [4.69, 9.17) is 23.2 Å². The van der Waals surface area contributed by atoms with Crippen LogP contribution >= 0.6 is 23.2 Å². The zero-order valence-electron chi connectivity index (χ0n) is 14.2. The van der Waals surface area contributed by atoms with E-state index >= 15 is 0 Å². The van der Waals surface area contributed by atoms with E-state index in [0.29, 0.717) is 33.3 Å². The van der Waals surface area contributed by atoms with Gasteiger partial charge in [-0.15, -0.1) is 0 Å². The number of aryl methyl sites for hydroxylation is 1. The van der Waals surface area contributed by atoms with Gasteiger partial charge >= 0.3 is 0 Å². The number of nitrogens with zero attached hydrogens (tertiary/aromatic N) is 3. The van der Waals surface area contributed by atoms with Gasteiger partial charge in [0.15, 0.2) is 0 Å². The number of hydrogen-bond donors (Lipinski definition) is 1. The molecule has 1 amide bonds. The Morgan fingerprint density at radius 2 is 1.96 bits per heavy atom. The van der Waals surface area contributed by atoms with Crippen molar-refractivity contribution in [2.75, 3.05) is 23.3 Å². The maximum atomic E-state index is 12.6. The first-order valence-electron chi connectivity index (χ1n) is 8.30. The van der Waals surface area contributed by atoms with Gasteiger partial charge in [-0.3, -0.25) is 4.79 Å². The second kappa shape index (κ2) is 7.58. The van der Waals surface area contributed by atoms with Crippen LogP contribution in [0.2, 0.25) is 10.0 Å². The molecule has 0 aliphatic carbocycles. The monoisotopic (exact) mass is 378 g/mol. The summed E-state index contributed by atoms with van der Waals surface area (Å²) in [6.07, 6.45) is 2.22. The van der Waals surface area contributed by atoms with E-state index in [1.165, 1.54) is 0 Å². The minimum absolute atomic E-state index is 0.313. The SMILES string of the molecule is Cc1cc(C(=O)Nc2cccc(Cl)c2Cl)nc(N2CCC(C)CC2)n1. The van der Waals surface area contributed by atoms with Gasteiger partial charge in [-0.2, -0.15) is 0 Å². The van der Waals surface area contributed by atoms with Crippen molar-refractivity contribution in [3.8, 4) is 0 Å². The molecule has 0 atom stereocenters. The summed E-state index contributed by atoms with van der Waals surface area (Å²) in [5.41, 5.74) is 1.53. The zero-order valence-corrected chi connectivity index (χ0v) is 15.7. The van der Waals surface area contributed by atoms with Gasteiger partial charge in [0, 0.05) is 18.8 Å². The summed E-state index contributed by atoms with van der Waals surface area (Å²) >= 11 is 12.1. The van der Waals surface area contributed by atoms with E-state index in [-0.39, 0.29) is 5.91 Å². The molecule has 132 valence electrons. The number of amides is 1. The molecular formula is C18H20Cl2N4O. The number of carbonyl (C=O) groups is 1. The van der Waals surface area contributed by atoms with Gasteiger partial charge in [0.05, 0.1) is 15.7 Å². The van der Waals surface area contributed by atoms with Crippen molar-refractivity contribution < 1.29 is 4.79 Å². The smallest absolute Gasteiger partial charge is 0.274 e. The Labute approximate surface area is 157 Å². The Morgan fingerprint density at radius 3 is 2.68 bits per heavy atom. The molecule has 2 heterocycles. The van der Waals surface area contributed by atoms with Crippen LogP contribution in [-0.4, -0.2) is 29.0 Å². The first kappa shape index (κ1) is 18.0. The molecule has 0 bridgehead atoms. The van der Waals surface area contributed by atoms with Crippen LogP contribution in [-0.2, 0) is 0 Å². The van der Waals surface area contributed by atoms with Crippen molar-refractivity contribution in [2.45, 2.75) is 26.7 Å². The van der Waals surface area contributed by atoms with Crippen molar-refractivity contribution in [1.82, 2.24) is 9.97 Å². The van der Waals surface area contributed by atoms with Crippen molar-refractivity contribution >= 4 is 40.7 Å². The molecule has 1 aromatic carbocycles. The summed E-state index contributed by atoms with van der Waals surface area (Å²) < 4.78 is 0. The summed E-state index contributed by atoms with van der Waals surface area (Å²) in [6.45, 7) is 5.93. The first-order valence-corrected chi connectivity index (χ1v) is 9.05. The van der Waals surface area contributed by atoms with Crippen molar-refractivity contribution in [2.24, 2.45) is 5.92 Å². The molecule has 3 rings (SSSR count). The topological polar surface area (TPSA) is 58.1 Å². The van der Waals surface area contributed by atoms with Crippen LogP contribution in [0.1, 0.15) is 35.9 Å². The number of nitrogens with one attached hydrogen (secondary N) is 1. The molecule has 1 saturated heterocycles. The number of rotatable bonds is 3. The lowest BCUT2D eigenvalue weighted by atomic mass is 10.00. The van der Waals surface area contributed by atoms with Gasteiger partial charge in [0.1, 0.15) is 5.69 Å². The van der Waals surface area contributed by atoms with E-state index in [1.54, 1.807) is 24.3 Å². The summed E-state index contributed by atoms with van der Waals surface area (Å²) in [4.78, 5) is 23.7. The molecule has 1 aliphatic heterocycles. The molecule has 0 unspecified atom stereocenters. The van der Waals surface area contributed by atoms with Crippen LogP contribution in [0.3, 0.4) is 0 Å². The third-order valence-corrected chi connectivity index (χ3v) is 5.16. The molecule has 1 N–H and O–H groups in total. The largest absolute Gasteiger partial charge is 0.341 e. The average Bonchev–Trinajstić information content (AvgIpc) is 2.59. The Balaban J connectivity index is 1.82. The van der Waals surface area contributed by atoms with Gasteiger partial charge in [-0.1, -0.05) is 36.2 Å². The fourth-order valence-electron chi connectivity index (χ4n) is 2.81. The predicted molar refractivity (Wildman–Crippen MR) is 102 cm³/mol. The fraction of sp³-hybridized carbons (Fsp3) is 0.389. The van der Waals surface area contributed by atoms with Gasteiger partial charge in [0.2, 0.25) is 5.95 Å². The molecule has 0 saturated carbocycles. The number of halogens is 2. The molecule has 7 heteroatoms. The number of hydrogen-bond acceptors (Lipinski definition) is 4. The Hall–Kier alpha value is -1.85. The molecule has 0 radical (unpaired) electrons. The normalized spacial score (nSPS) is 15.3. The fourth-order valence-corrected chi connectivity index (χ4v) is 3.15. The molecule has 1 aliphatic rings. The molecule has 5 nitrogen and oxygen atoms in total. The highest BCUT2D eigenvalue weighted by atomic mass is 35.5. The van der Waals surface area contributed by atoms with Crippen LogP contribution in [0.15, 0.2) is 24.3 Å².